The molecule has 0 spiro atoms. The van der Waals surface area contributed by atoms with Crippen LogP contribution in [-0.2, 0) is 35.0 Å². The Morgan fingerprint density at radius 3 is 2.14 bits per heavy atom. The van der Waals surface area contributed by atoms with E-state index in [0.717, 1.165) is 34.6 Å². The first-order valence-corrected chi connectivity index (χ1v) is 11.9. The second-order valence-corrected chi connectivity index (χ2v) is 8.90. The van der Waals surface area contributed by atoms with Crippen molar-refractivity contribution in [2.24, 2.45) is 0 Å². The third kappa shape index (κ3) is 7.00. The van der Waals surface area contributed by atoms with E-state index in [4.69, 9.17) is 15.1 Å². The highest BCUT2D eigenvalue weighted by atomic mass is 19.4. The lowest BCUT2D eigenvalue weighted by Crippen LogP contribution is -2.08. The first-order chi connectivity index (χ1) is 17.7. The van der Waals surface area contributed by atoms with Crippen molar-refractivity contribution in [2.75, 3.05) is 0 Å². The number of alkyl halides is 3. The van der Waals surface area contributed by atoms with Crippen molar-refractivity contribution >= 4 is 22.8 Å². The van der Waals surface area contributed by atoms with Gasteiger partial charge in [-0.05, 0) is 54.7 Å². The van der Waals surface area contributed by atoms with Gasteiger partial charge in [-0.1, -0.05) is 48.5 Å². The number of carbonyl (C=O) groups is 2. The molecule has 0 fully saturated rings. The fourth-order valence-electron chi connectivity index (χ4n) is 4.15. The van der Waals surface area contributed by atoms with Gasteiger partial charge in [0.15, 0.2) is 0 Å². The van der Waals surface area contributed by atoms with Crippen LogP contribution in [-0.4, -0.2) is 26.8 Å². The second kappa shape index (κ2) is 11.3. The van der Waals surface area contributed by atoms with Gasteiger partial charge in [0.2, 0.25) is 0 Å². The molecular formula is C29H25F3N2O3. The molecule has 0 aliphatic carbocycles. The lowest BCUT2D eigenvalue weighted by molar-refractivity contribution is -0.138. The van der Waals surface area contributed by atoms with Crippen LogP contribution in [0.1, 0.15) is 41.6 Å². The van der Waals surface area contributed by atoms with E-state index in [1.807, 2.05) is 48.5 Å². The molecule has 8 heteroatoms. The molecule has 3 aromatic carbocycles. The molecule has 0 aliphatic heterocycles. The van der Waals surface area contributed by atoms with Crippen molar-refractivity contribution < 1.29 is 27.9 Å². The van der Waals surface area contributed by atoms with Gasteiger partial charge in [-0.15, -0.1) is 0 Å². The van der Waals surface area contributed by atoms with Gasteiger partial charge in [0, 0.05) is 24.8 Å². The lowest BCUT2D eigenvalue weighted by atomic mass is 10.0. The number of hydrogen-bond donors (Lipinski definition) is 1. The Kier molecular flexibility index (Phi) is 7.96. The average Bonchev–Trinajstić information content (AvgIpc) is 2.86. The molecule has 1 heterocycles. The topological polar surface area (TPSA) is 80.1 Å². The number of carboxylic acid groups (broad SMARTS) is 1. The number of carboxylic acids is 1. The highest BCUT2D eigenvalue weighted by molar-refractivity contribution is 5.85. The second-order valence-electron chi connectivity index (χ2n) is 8.90. The number of carbonyl (C=O) groups excluding carboxylic acids is 1. The number of unbranched alkanes of at least 4 members (excludes halogenated alkanes) is 1. The van der Waals surface area contributed by atoms with E-state index >= 15 is 0 Å². The van der Waals surface area contributed by atoms with Gasteiger partial charge < -0.3 is 5.11 Å². The first kappa shape index (κ1) is 26.0. The summed E-state index contributed by atoms with van der Waals surface area (Å²) >= 11 is 0. The van der Waals surface area contributed by atoms with Crippen molar-refractivity contribution in [2.45, 2.75) is 44.7 Å². The SMILES string of the molecule is O=C(O)CCCCc1nc2cc(CC(=O)Cc3ccc(C(F)(F)F)cc3)ccc2nc1-c1ccccc1. The Balaban J connectivity index is 1.53. The fraction of sp³-hybridized carbons (Fsp3) is 0.241. The summed E-state index contributed by atoms with van der Waals surface area (Å²) in [4.78, 5) is 33.1. The zero-order valence-electron chi connectivity index (χ0n) is 20.0. The zero-order valence-corrected chi connectivity index (χ0v) is 20.0. The Morgan fingerprint density at radius 1 is 0.784 bits per heavy atom. The maximum atomic E-state index is 12.8. The summed E-state index contributed by atoms with van der Waals surface area (Å²) in [7, 11) is 0. The quantitative estimate of drug-likeness (QED) is 0.250. The molecule has 37 heavy (non-hydrogen) atoms. The summed E-state index contributed by atoms with van der Waals surface area (Å²) in [6, 6.07) is 19.7. The standard InChI is InChI=1S/C29H25F3N2O3/c30-29(31,32)22-13-10-19(11-14-22)16-23(35)17-20-12-15-24-26(18-20)33-25(8-4-5-9-27(36)37)28(34-24)21-6-2-1-3-7-21/h1-3,6-7,10-15,18H,4-5,8-9,16-17H2,(H,36,37). The molecule has 0 atom stereocenters. The van der Waals surface area contributed by atoms with Crippen LogP contribution in [0.2, 0.25) is 0 Å². The molecular weight excluding hydrogens is 481 g/mol. The van der Waals surface area contributed by atoms with Crippen LogP contribution in [0.5, 0.6) is 0 Å². The van der Waals surface area contributed by atoms with E-state index in [2.05, 4.69) is 0 Å². The van der Waals surface area contributed by atoms with Gasteiger partial charge in [0.25, 0.3) is 0 Å². The van der Waals surface area contributed by atoms with Crippen molar-refractivity contribution in [3.05, 3.63) is 95.2 Å². The number of aryl methyl sites for hydroxylation is 1. The molecule has 0 saturated carbocycles. The smallest absolute Gasteiger partial charge is 0.416 e. The molecule has 0 bridgehead atoms. The van der Waals surface area contributed by atoms with Crippen molar-refractivity contribution in [1.82, 2.24) is 9.97 Å². The number of Topliss-reactive ketones (excluding diaryl/α,β-unsaturated/α-hetero) is 1. The maximum Gasteiger partial charge on any atom is 0.416 e. The fourth-order valence-corrected chi connectivity index (χ4v) is 4.15. The number of halogens is 3. The molecule has 1 N–H and O–H groups in total. The minimum absolute atomic E-state index is 0.0314. The van der Waals surface area contributed by atoms with Crippen LogP contribution in [0.25, 0.3) is 22.3 Å². The number of nitrogens with zero attached hydrogens (tertiary/aromatic N) is 2. The predicted octanol–water partition coefficient (Wildman–Crippen LogP) is 6.47. The average molecular weight is 507 g/mol. The highest BCUT2D eigenvalue weighted by Gasteiger charge is 2.30. The lowest BCUT2D eigenvalue weighted by Gasteiger charge is -2.11. The molecule has 1 aromatic heterocycles. The summed E-state index contributed by atoms with van der Waals surface area (Å²) in [5, 5.41) is 8.92. The van der Waals surface area contributed by atoms with Gasteiger partial charge in [-0.2, -0.15) is 13.2 Å². The van der Waals surface area contributed by atoms with E-state index in [-0.39, 0.29) is 25.0 Å². The molecule has 0 amide bonds. The third-order valence-electron chi connectivity index (χ3n) is 5.99. The van der Waals surface area contributed by atoms with E-state index in [1.165, 1.54) is 12.1 Å². The number of rotatable bonds is 10. The van der Waals surface area contributed by atoms with Crippen LogP contribution < -0.4 is 0 Å². The largest absolute Gasteiger partial charge is 0.481 e. The molecule has 0 aliphatic rings. The number of ketones is 1. The van der Waals surface area contributed by atoms with Gasteiger partial charge >= 0.3 is 12.1 Å². The summed E-state index contributed by atoms with van der Waals surface area (Å²) < 4.78 is 38.3. The van der Waals surface area contributed by atoms with Crippen LogP contribution in [0.3, 0.4) is 0 Å². The van der Waals surface area contributed by atoms with Crippen LogP contribution in [0, 0.1) is 0 Å². The van der Waals surface area contributed by atoms with Crippen LogP contribution in [0.4, 0.5) is 13.2 Å². The monoisotopic (exact) mass is 506 g/mol. The Morgan fingerprint density at radius 2 is 1.46 bits per heavy atom. The van der Waals surface area contributed by atoms with E-state index < -0.39 is 17.7 Å². The summed E-state index contributed by atoms with van der Waals surface area (Å²) in [6.07, 6.45) is -2.43. The molecule has 0 unspecified atom stereocenters. The molecule has 190 valence electrons. The number of benzene rings is 3. The number of hydrogen-bond acceptors (Lipinski definition) is 4. The Bertz CT molecular complexity index is 1400. The predicted molar refractivity (Wildman–Crippen MR) is 134 cm³/mol. The minimum atomic E-state index is -4.41. The number of fused-ring (bicyclic) bond motifs is 1. The normalized spacial score (nSPS) is 11.5. The van der Waals surface area contributed by atoms with E-state index in [1.54, 1.807) is 0 Å². The maximum absolute atomic E-state index is 12.8. The van der Waals surface area contributed by atoms with Crippen molar-refractivity contribution in [3.8, 4) is 11.3 Å². The van der Waals surface area contributed by atoms with Crippen molar-refractivity contribution in [1.29, 1.82) is 0 Å². The number of aromatic nitrogens is 2. The summed E-state index contributed by atoms with van der Waals surface area (Å²) in [6.45, 7) is 0. The summed E-state index contributed by atoms with van der Waals surface area (Å²) in [5.41, 5.74) is 4.25. The Hall–Kier alpha value is -4.07. The van der Waals surface area contributed by atoms with Crippen LogP contribution in [0.15, 0.2) is 72.8 Å². The van der Waals surface area contributed by atoms with Crippen LogP contribution >= 0.6 is 0 Å². The first-order valence-electron chi connectivity index (χ1n) is 11.9. The van der Waals surface area contributed by atoms with Gasteiger partial charge in [-0.3, -0.25) is 9.59 Å². The molecule has 4 aromatic rings. The van der Waals surface area contributed by atoms with E-state index in [0.29, 0.717) is 35.9 Å². The summed E-state index contributed by atoms with van der Waals surface area (Å²) in [5.74, 6) is -0.958. The zero-order chi connectivity index (χ0) is 26.4. The van der Waals surface area contributed by atoms with Gasteiger partial charge in [0.05, 0.1) is 28.0 Å². The third-order valence-corrected chi connectivity index (χ3v) is 5.99. The molecule has 0 radical (unpaired) electrons. The Labute approximate surface area is 212 Å². The van der Waals surface area contributed by atoms with E-state index in [9.17, 15) is 22.8 Å². The molecule has 5 nitrogen and oxygen atoms in total. The molecule has 4 rings (SSSR count). The van der Waals surface area contributed by atoms with Gasteiger partial charge in [-0.25, -0.2) is 9.97 Å². The highest BCUT2D eigenvalue weighted by Crippen LogP contribution is 2.29. The minimum Gasteiger partial charge on any atom is -0.481 e. The number of aliphatic carboxylic acids is 1. The molecule has 0 saturated heterocycles. The van der Waals surface area contributed by atoms with Gasteiger partial charge in [0.1, 0.15) is 5.78 Å². The van der Waals surface area contributed by atoms with Crippen molar-refractivity contribution in [3.63, 3.8) is 0 Å².